The van der Waals surface area contributed by atoms with Crippen LogP contribution < -0.4 is 0 Å². The van der Waals surface area contributed by atoms with Crippen LogP contribution in [-0.4, -0.2) is 50.2 Å². The van der Waals surface area contributed by atoms with Crippen LogP contribution in [0.2, 0.25) is 5.15 Å². The van der Waals surface area contributed by atoms with Crippen LogP contribution in [0, 0.1) is 47.6 Å². The Morgan fingerprint density at radius 3 is 2.77 bits per heavy atom. The van der Waals surface area contributed by atoms with Crippen LogP contribution in [0.25, 0.3) is 0 Å². The molecule has 1 aromatic carbocycles. The topological polar surface area (TPSA) is 92.0 Å². The second-order valence-electron chi connectivity index (χ2n) is 7.56. The van der Waals surface area contributed by atoms with Gasteiger partial charge in [0.2, 0.25) is 0 Å². The summed E-state index contributed by atoms with van der Waals surface area (Å²) in [6, 6.07) is 10.8. The average molecular weight is 666 g/mol. The SMILES string of the molecule is CCOC12C([N+](=O)[O-])=C3N(Cc4ccc(Cl)nc4)CCN3C1(O)[CH-]c1ccccc12.[U]. The molecule has 2 unspecified atom stereocenters. The van der Waals surface area contributed by atoms with Crippen molar-refractivity contribution in [1.29, 1.82) is 0 Å². The van der Waals surface area contributed by atoms with Gasteiger partial charge in [-0.3, -0.25) is 10.1 Å². The molecule has 2 aromatic rings. The Balaban J connectivity index is 0.00000231. The maximum atomic E-state index is 12.4. The summed E-state index contributed by atoms with van der Waals surface area (Å²) in [4.78, 5) is 19.7. The third-order valence-corrected chi connectivity index (χ3v) is 6.25. The normalized spacial score (nSPS) is 25.6. The Hall–Kier alpha value is -1.76. The van der Waals surface area contributed by atoms with Gasteiger partial charge in [0, 0.05) is 63.6 Å². The minimum Gasteiger partial charge on any atom is -0.375 e. The first-order valence-electron chi connectivity index (χ1n) is 9.76. The Morgan fingerprint density at radius 2 is 2.10 bits per heavy atom. The number of rotatable bonds is 5. The van der Waals surface area contributed by atoms with Gasteiger partial charge >= 0.3 is 5.70 Å². The van der Waals surface area contributed by atoms with Gasteiger partial charge in [-0.25, -0.2) is 4.98 Å². The third kappa shape index (κ3) is 3.02. The van der Waals surface area contributed by atoms with Crippen molar-refractivity contribution in [3.05, 3.63) is 92.5 Å². The molecule has 2 atom stereocenters. The number of halogens is 1. The molecule has 1 saturated heterocycles. The number of fused-ring (bicyclic) bond motifs is 5. The van der Waals surface area contributed by atoms with Crippen molar-refractivity contribution < 1.29 is 45.9 Å². The number of nitrogens with zero attached hydrogens (tertiary/aromatic N) is 4. The van der Waals surface area contributed by atoms with Crippen molar-refractivity contribution in [3.8, 4) is 0 Å². The van der Waals surface area contributed by atoms with Crippen molar-refractivity contribution in [2.75, 3.05) is 19.7 Å². The molecule has 0 amide bonds. The molecule has 0 radical (unpaired) electrons. The molecule has 1 N–H and O–H groups in total. The number of hydrogen-bond donors (Lipinski definition) is 1. The van der Waals surface area contributed by atoms with Gasteiger partial charge < -0.3 is 19.6 Å². The van der Waals surface area contributed by atoms with E-state index >= 15 is 0 Å². The maximum Gasteiger partial charge on any atom is 0.314 e. The quantitative estimate of drug-likeness (QED) is 0.227. The first kappa shape index (κ1) is 22.4. The standard InChI is InChI=1S/C21H20ClN4O4.U/c1-2-30-21-16-6-4-3-5-15(16)11-20(21,27)25-10-9-24(19(25)18(21)26(28)29)13-14-7-8-17(22)23-12-14;/h3-8,11-12,27H,2,9-10,13H2,1H3;/q-1;. The van der Waals surface area contributed by atoms with E-state index in [1.165, 1.54) is 0 Å². The molecule has 2 aliphatic heterocycles. The predicted octanol–water partition coefficient (Wildman–Crippen LogP) is 2.50. The Bertz CT molecular complexity index is 1070. The first-order chi connectivity index (χ1) is 14.4. The fourth-order valence-corrected chi connectivity index (χ4v) is 5.07. The number of benzene rings is 1. The number of aliphatic hydroxyl groups is 1. The van der Waals surface area contributed by atoms with E-state index in [1.807, 2.05) is 29.2 Å². The third-order valence-electron chi connectivity index (χ3n) is 6.03. The summed E-state index contributed by atoms with van der Waals surface area (Å²) >= 11 is 5.88. The summed E-state index contributed by atoms with van der Waals surface area (Å²) < 4.78 is 6.09. The molecule has 0 spiro atoms. The molecule has 1 aromatic heterocycles. The van der Waals surface area contributed by atoms with Gasteiger partial charge in [0.1, 0.15) is 10.9 Å². The Morgan fingerprint density at radius 1 is 1.32 bits per heavy atom. The van der Waals surface area contributed by atoms with Crippen LogP contribution >= 0.6 is 11.6 Å². The van der Waals surface area contributed by atoms with Gasteiger partial charge in [-0.05, 0) is 18.6 Å². The predicted molar refractivity (Wildman–Crippen MR) is 108 cm³/mol. The zero-order chi connectivity index (χ0) is 21.1. The van der Waals surface area contributed by atoms with Crippen molar-refractivity contribution in [1.82, 2.24) is 14.8 Å². The second-order valence-corrected chi connectivity index (χ2v) is 7.95. The van der Waals surface area contributed by atoms with Crippen molar-refractivity contribution >= 4 is 11.6 Å². The first-order valence-corrected chi connectivity index (χ1v) is 10.1. The van der Waals surface area contributed by atoms with E-state index < -0.39 is 16.2 Å². The van der Waals surface area contributed by atoms with E-state index in [0.717, 1.165) is 11.1 Å². The molecule has 5 rings (SSSR count). The fourth-order valence-electron chi connectivity index (χ4n) is 4.95. The average Bonchev–Trinajstić information content (AvgIpc) is 3.29. The van der Waals surface area contributed by atoms with Gasteiger partial charge in [0.05, 0.1) is 4.92 Å². The van der Waals surface area contributed by atoms with E-state index in [1.54, 1.807) is 36.6 Å². The largest absolute Gasteiger partial charge is 0.375 e. The number of aromatic nitrogens is 1. The van der Waals surface area contributed by atoms with Crippen LogP contribution in [0.4, 0.5) is 0 Å². The van der Waals surface area contributed by atoms with Crippen LogP contribution in [-0.2, 0) is 16.9 Å². The van der Waals surface area contributed by atoms with Gasteiger partial charge in [-0.2, -0.15) is 11.6 Å². The summed E-state index contributed by atoms with van der Waals surface area (Å²) in [5.74, 6) is 0.386. The zero-order valence-corrected chi connectivity index (χ0v) is 21.7. The molecule has 8 nitrogen and oxygen atoms in total. The molecule has 10 heteroatoms. The maximum absolute atomic E-state index is 12.4. The van der Waals surface area contributed by atoms with E-state index in [0.29, 0.717) is 36.2 Å². The smallest absolute Gasteiger partial charge is 0.314 e. The molecule has 1 fully saturated rings. The van der Waals surface area contributed by atoms with E-state index in [-0.39, 0.29) is 43.4 Å². The van der Waals surface area contributed by atoms with Gasteiger partial charge in [-0.1, -0.05) is 23.7 Å². The number of nitro groups is 1. The van der Waals surface area contributed by atoms with Crippen molar-refractivity contribution in [2.45, 2.75) is 24.8 Å². The van der Waals surface area contributed by atoms with Crippen molar-refractivity contribution in [2.24, 2.45) is 0 Å². The van der Waals surface area contributed by atoms with Crippen LogP contribution in [0.15, 0.2) is 54.1 Å². The summed E-state index contributed by atoms with van der Waals surface area (Å²) in [7, 11) is 0. The summed E-state index contributed by atoms with van der Waals surface area (Å²) in [6.45, 7) is 3.36. The molecule has 3 heterocycles. The number of pyridine rings is 1. The number of hydrogen-bond acceptors (Lipinski definition) is 7. The van der Waals surface area contributed by atoms with Gasteiger partial charge in [-0.15, -0.1) is 24.1 Å². The Labute approximate surface area is 208 Å². The molecule has 3 aliphatic rings. The minimum absolute atomic E-state index is 0. The van der Waals surface area contributed by atoms with E-state index in [2.05, 4.69) is 4.98 Å². The fraction of sp³-hybridized carbons (Fsp3) is 0.333. The summed E-state index contributed by atoms with van der Waals surface area (Å²) in [6.07, 6.45) is 3.34. The molecular weight excluding hydrogens is 646 g/mol. The Kier molecular flexibility index (Phi) is 5.78. The molecular formula is C21H20ClN4O4U-. The molecule has 0 saturated carbocycles. The van der Waals surface area contributed by atoms with Crippen LogP contribution in [0.5, 0.6) is 0 Å². The molecule has 1 aliphatic carbocycles. The molecule has 31 heavy (non-hydrogen) atoms. The molecule has 0 bridgehead atoms. The zero-order valence-electron chi connectivity index (χ0n) is 16.8. The summed E-state index contributed by atoms with van der Waals surface area (Å²) in [5, 5.41) is 24.7. The summed E-state index contributed by atoms with van der Waals surface area (Å²) in [5.41, 5.74) is -1.17. The van der Waals surface area contributed by atoms with Crippen molar-refractivity contribution in [3.63, 3.8) is 0 Å². The number of ether oxygens (including phenoxy) is 1. The van der Waals surface area contributed by atoms with Crippen LogP contribution in [0.1, 0.15) is 23.6 Å². The molecule has 160 valence electrons. The van der Waals surface area contributed by atoms with Gasteiger partial charge in [0.15, 0.2) is 11.4 Å². The van der Waals surface area contributed by atoms with E-state index in [9.17, 15) is 15.2 Å². The minimum atomic E-state index is -1.67. The van der Waals surface area contributed by atoms with E-state index in [4.69, 9.17) is 16.3 Å². The van der Waals surface area contributed by atoms with Gasteiger partial charge in [0.25, 0.3) is 0 Å². The van der Waals surface area contributed by atoms with Crippen LogP contribution in [0.3, 0.4) is 0 Å². The second kappa shape index (κ2) is 7.98. The monoisotopic (exact) mass is 665 g/mol.